The Balaban J connectivity index is 1.63. The van der Waals surface area contributed by atoms with E-state index >= 15 is 0 Å². The molecular weight excluding hydrogens is 745 g/mol. The molecule has 8 atom stereocenters. The molecule has 2 aliphatic carbocycles. The van der Waals surface area contributed by atoms with Crippen LogP contribution in [-0.2, 0) is 23.9 Å². The smallest absolute Gasteiger partial charge is 0.326 e. The molecule has 0 saturated heterocycles. The lowest BCUT2D eigenvalue weighted by Crippen LogP contribution is -2.43. The first-order valence-electron chi connectivity index (χ1n) is 23.6. The maximum atomic E-state index is 13.1. The van der Waals surface area contributed by atoms with Crippen molar-refractivity contribution in [1.29, 1.82) is 0 Å². The number of hydrogen-bond acceptors (Lipinski definition) is 7. The number of carboxylic acid groups (broad SMARTS) is 1. The maximum absolute atomic E-state index is 13.1. The van der Waals surface area contributed by atoms with E-state index in [9.17, 15) is 34.5 Å². The van der Waals surface area contributed by atoms with Crippen molar-refractivity contribution in [3.05, 3.63) is 36.0 Å². The van der Waals surface area contributed by atoms with Crippen molar-refractivity contribution in [3.8, 4) is 0 Å². The molecule has 0 aromatic rings. The summed E-state index contributed by atoms with van der Waals surface area (Å²) in [6.07, 6.45) is 28.8. The fourth-order valence-electron chi connectivity index (χ4n) is 8.43. The van der Waals surface area contributed by atoms with E-state index in [0.29, 0.717) is 45.1 Å². The van der Waals surface area contributed by atoms with Gasteiger partial charge in [-0.25, -0.2) is 4.79 Å². The second-order valence-corrected chi connectivity index (χ2v) is 18.4. The average Bonchev–Trinajstić information content (AvgIpc) is 3.18. The zero-order chi connectivity index (χ0) is 43.6. The summed E-state index contributed by atoms with van der Waals surface area (Å²) in [4.78, 5) is 50.0. The number of rotatable bonds is 32. The maximum Gasteiger partial charge on any atom is 0.326 e. The number of carbonyl (C=O) groups is 4. The van der Waals surface area contributed by atoms with Gasteiger partial charge >= 0.3 is 11.9 Å². The van der Waals surface area contributed by atoms with Gasteiger partial charge in [-0.2, -0.15) is 0 Å². The summed E-state index contributed by atoms with van der Waals surface area (Å²) in [7, 11) is 0. The summed E-state index contributed by atoms with van der Waals surface area (Å²) in [6.45, 7) is 12.8. The van der Waals surface area contributed by atoms with Crippen LogP contribution in [0, 0.1) is 29.1 Å². The van der Waals surface area contributed by atoms with Crippen LogP contribution in [0.15, 0.2) is 36.0 Å². The van der Waals surface area contributed by atoms with Crippen LogP contribution in [0.3, 0.4) is 0 Å². The van der Waals surface area contributed by atoms with Crippen molar-refractivity contribution in [2.24, 2.45) is 29.1 Å². The highest BCUT2D eigenvalue weighted by atomic mass is 16.5. The van der Waals surface area contributed by atoms with E-state index in [1.165, 1.54) is 63.4 Å². The highest BCUT2D eigenvalue weighted by molar-refractivity contribution is 5.83. The largest absolute Gasteiger partial charge is 0.480 e. The van der Waals surface area contributed by atoms with Crippen LogP contribution >= 0.6 is 0 Å². The number of fused-ring (bicyclic) bond motifs is 1. The Kier molecular flexibility index (Phi) is 25.9. The second-order valence-electron chi connectivity index (χ2n) is 18.4. The Morgan fingerprint density at radius 3 is 2.14 bits per heavy atom. The van der Waals surface area contributed by atoms with Crippen molar-refractivity contribution in [2.45, 2.75) is 214 Å². The molecule has 0 saturated carbocycles. The van der Waals surface area contributed by atoms with E-state index in [1.54, 1.807) is 0 Å². The molecule has 0 aliphatic heterocycles. The summed E-state index contributed by atoms with van der Waals surface area (Å²) >= 11 is 0. The van der Waals surface area contributed by atoms with Gasteiger partial charge in [0, 0.05) is 18.9 Å². The minimum atomic E-state index is -1.15. The van der Waals surface area contributed by atoms with Crippen molar-refractivity contribution in [3.63, 3.8) is 0 Å². The van der Waals surface area contributed by atoms with Gasteiger partial charge in [0.05, 0.1) is 24.0 Å². The number of carboxylic acids is 1. The number of aliphatic carboxylic acids is 1. The van der Waals surface area contributed by atoms with Crippen LogP contribution in [0.4, 0.5) is 0 Å². The zero-order valence-corrected chi connectivity index (χ0v) is 37.9. The number of unbranched alkanes of at least 4 members (excludes halogenated alkanes) is 12. The van der Waals surface area contributed by atoms with E-state index in [4.69, 9.17) is 4.74 Å². The van der Waals surface area contributed by atoms with Crippen LogP contribution < -0.4 is 10.6 Å². The van der Waals surface area contributed by atoms with Gasteiger partial charge in [-0.1, -0.05) is 109 Å². The molecule has 0 heterocycles. The Labute approximate surface area is 357 Å². The topological polar surface area (TPSA) is 162 Å². The van der Waals surface area contributed by atoms with Gasteiger partial charge in [0.2, 0.25) is 11.8 Å². The van der Waals surface area contributed by atoms with E-state index < -0.39 is 35.5 Å². The number of ether oxygens (including phenoxy) is 1. The molecule has 10 heteroatoms. The normalized spacial score (nSPS) is 22.0. The van der Waals surface area contributed by atoms with Crippen LogP contribution in [0.25, 0.3) is 0 Å². The molecule has 10 nitrogen and oxygen atoms in total. The number of esters is 1. The molecule has 0 radical (unpaired) electrons. The summed E-state index contributed by atoms with van der Waals surface area (Å²) < 4.78 is 6.20. The highest BCUT2D eigenvalue weighted by Gasteiger charge is 2.43. The van der Waals surface area contributed by atoms with E-state index in [0.717, 1.165) is 32.1 Å². The Morgan fingerprint density at radius 1 is 0.847 bits per heavy atom. The first-order chi connectivity index (χ1) is 28.2. The molecule has 0 fully saturated rings. The number of amides is 2. The van der Waals surface area contributed by atoms with Crippen LogP contribution in [-0.4, -0.2) is 70.0 Å². The van der Waals surface area contributed by atoms with Crippen LogP contribution in [0.5, 0.6) is 0 Å². The third-order valence-electron chi connectivity index (χ3n) is 12.6. The van der Waals surface area contributed by atoms with Gasteiger partial charge in [0.1, 0.15) is 12.1 Å². The quantitative estimate of drug-likeness (QED) is 0.0254. The molecule has 8 unspecified atom stereocenters. The lowest BCUT2D eigenvalue weighted by Gasteiger charge is -2.44. The van der Waals surface area contributed by atoms with Gasteiger partial charge in [-0.3, -0.25) is 14.4 Å². The summed E-state index contributed by atoms with van der Waals surface area (Å²) in [6, 6.07) is -1.10. The Bertz CT molecular complexity index is 1320. The number of allylic oxidation sites excluding steroid dienone is 5. The van der Waals surface area contributed by atoms with Crippen molar-refractivity contribution >= 4 is 23.8 Å². The first-order valence-corrected chi connectivity index (χ1v) is 23.6. The molecule has 2 aliphatic rings. The molecule has 0 bridgehead atoms. The van der Waals surface area contributed by atoms with Gasteiger partial charge < -0.3 is 30.7 Å². The van der Waals surface area contributed by atoms with E-state index in [2.05, 4.69) is 61.8 Å². The molecule has 5 N–H and O–H groups in total. The van der Waals surface area contributed by atoms with Crippen molar-refractivity contribution in [2.75, 3.05) is 6.54 Å². The zero-order valence-electron chi connectivity index (χ0n) is 37.9. The van der Waals surface area contributed by atoms with Gasteiger partial charge in [-0.15, -0.1) is 0 Å². The Hall–Kier alpha value is -2.98. The van der Waals surface area contributed by atoms with Crippen molar-refractivity contribution in [1.82, 2.24) is 10.6 Å². The molecular formula is C49H84N2O8. The SMILES string of the molecule is CCCCCCCCC=CCCCCCCCC(=O)NCCCCC(NC(=O)CC(O)CC(O)CCC1C(C)C=CC2=CC(C)CC(OC(=O)C(C)(C)CC)C21)C(=O)O. The Morgan fingerprint density at radius 2 is 1.49 bits per heavy atom. The number of carbonyl (C=O) groups excluding carboxylic acids is 3. The molecule has 338 valence electrons. The average molecular weight is 829 g/mol. The van der Waals surface area contributed by atoms with E-state index in [1.807, 2.05) is 20.8 Å². The predicted molar refractivity (Wildman–Crippen MR) is 237 cm³/mol. The monoisotopic (exact) mass is 829 g/mol. The lowest BCUT2D eigenvalue weighted by molar-refractivity contribution is -0.164. The summed E-state index contributed by atoms with van der Waals surface area (Å²) in [5.41, 5.74) is 0.606. The molecule has 2 amide bonds. The van der Waals surface area contributed by atoms with Crippen LogP contribution in [0.1, 0.15) is 189 Å². The minimum Gasteiger partial charge on any atom is -0.480 e. The molecule has 59 heavy (non-hydrogen) atoms. The minimum absolute atomic E-state index is 0.00764. The standard InChI is InChI=1S/C49H84N2O8/c1-7-9-10-11-12-13-14-15-16-17-18-19-20-21-22-26-44(54)50-31-24-23-25-42(47(56)57)51-45(55)35-40(53)34-39(52)29-30-41-37(4)27-28-38-32-36(3)33-43(46(38)41)59-48(58)49(5,6)8-2/h15-16,27-28,32,36-37,39-43,46,52-53H,7-14,17-26,29-31,33-35H2,1-6H3,(H,50,54)(H,51,55)(H,56,57). The molecule has 2 rings (SSSR count). The highest BCUT2D eigenvalue weighted by Crippen LogP contribution is 2.45. The first kappa shape index (κ1) is 52.2. The fourth-order valence-corrected chi connectivity index (χ4v) is 8.43. The third-order valence-corrected chi connectivity index (χ3v) is 12.6. The fraction of sp³-hybridized carbons (Fsp3) is 0.796. The molecule has 0 spiro atoms. The second kappa shape index (κ2) is 29.3. The predicted octanol–water partition coefficient (Wildman–Crippen LogP) is 9.91. The number of aliphatic hydroxyl groups excluding tert-OH is 2. The molecule has 0 aromatic heterocycles. The van der Waals surface area contributed by atoms with Gasteiger partial charge in [0.15, 0.2) is 0 Å². The lowest BCUT2D eigenvalue weighted by atomic mass is 9.65. The number of aliphatic hydroxyl groups is 2. The van der Waals surface area contributed by atoms with Gasteiger partial charge in [0.25, 0.3) is 0 Å². The number of nitrogens with one attached hydrogen (secondary N) is 2. The van der Waals surface area contributed by atoms with Crippen LogP contribution in [0.2, 0.25) is 0 Å². The third kappa shape index (κ3) is 21.4. The summed E-state index contributed by atoms with van der Waals surface area (Å²) in [5.74, 6) is -1.26. The van der Waals surface area contributed by atoms with Gasteiger partial charge in [-0.05, 0) is 121 Å². The van der Waals surface area contributed by atoms with E-state index in [-0.39, 0.29) is 60.9 Å². The number of hydrogen-bond donors (Lipinski definition) is 5. The van der Waals surface area contributed by atoms with Crippen molar-refractivity contribution < 1.29 is 39.2 Å². The summed E-state index contributed by atoms with van der Waals surface area (Å²) in [5, 5.41) is 36.8. The molecule has 0 aromatic carbocycles.